The molecule has 4 aromatic carbocycles. The summed E-state index contributed by atoms with van der Waals surface area (Å²) in [4.78, 5) is 29.0. The molecule has 0 heterocycles. The maximum atomic E-state index is 14.3. The second-order valence-corrected chi connectivity index (χ2v) is 13.0. The number of rotatable bonds is 11. The molecule has 0 aliphatic heterocycles. The van der Waals surface area contributed by atoms with Crippen LogP contribution in [-0.4, -0.2) is 44.8 Å². The smallest absolute Gasteiger partial charge is 0.264 e. The average molecular weight is 669 g/mol. The Balaban J connectivity index is 1.78. The van der Waals surface area contributed by atoms with Crippen LogP contribution in [0, 0.1) is 6.92 Å². The number of nitrogens with one attached hydrogen (secondary N) is 1. The molecule has 0 aliphatic rings. The molecule has 0 radical (unpaired) electrons. The molecule has 1 atom stereocenters. The minimum absolute atomic E-state index is 0.0447. The number of aryl methyl sites for hydroxylation is 1. The van der Waals surface area contributed by atoms with E-state index in [0.29, 0.717) is 16.3 Å². The molecule has 0 aliphatic carbocycles. The zero-order valence-electron chi connectivity index (χ0n) is 23.2. The van der Waals surface area contributed by atoms with Crippen molar-refractivity contribution in [2.75, 3.05) is 17.9 Å². The van der Waals surface area contributed by atoms with Gasteiger partial charge in [0.25, 0.3) is 10.0 Å². The highest BCUT2D eigenvalue weighted by atomic mass is 79.9. The van der Waals surface area contributed by atoms with Crippen LogP contribution >= 0.6 is 27.5 Å². The van der Waals surface area contributed by atoms with Gasteiger partial charge >= 0.3 is 0 Å². The van der Waals surface area contributed by atoms with Crippen molar-refractivity contribution in [2.24, 2.45) is 0 Å². The Morgan fingerprint density at radius 2 is 1.52 bits per heavy atom. The predicted octanol–water partition coefficient (Wildman–Crippen LogP) is 5.99. The molecule has 4 aromatic rings. The summed E-state index contributed by atoms with van der Waals surface area (Å²) in [6.45, 7) is 1.38. The summed E-state index contributed by atoms with van der Waals surface area (Å²) in [5, 5.41) is 3.16. The van der Waals surface area contributed by atoms with E-state index < -0.39 is 28.5 Å². The number of hydrogen-bond donors (Lipinski definition) is 1. The predicted molar refractivity (Wildman–Crippen MR) is 170 cm³/mol. The van der Waals surface area contributed by atoms with E-state index in [1.807, 2.05) is 43.3 Å². The minimum Gasteiger partial charge on any atom is -0.357 e. The van der Waals surface area contributed by atoms with Crippen molar-refractivity contribution >= 4 is 55.1 Å². The maximum absolute atomic E-state index is 14.3. The lowest BCUT2D eigenvalue weighted by molar-refractivity contribution is -0.139. The summed E-state index contributed by atoms with van der Waals surface area (Å²) in [6, 6.07) is 28.6. The SMILES string of the molecule is CNC(=O)C(Cc1ccccc1)N(Cc1cccc(Cl)c1)C(=O)CN(c1ccc(Br)cc1)S(=O)(=O)c1ccc(C)cc1. The first-order valence-electron chi connectivity index (χ1n) is 13.2. The summed E-state index contributed by atoms with van der Waals surface area (Å²) in [5.41, 5.74) is 2.78. The van der Waals surface area contributed by atoms with Crippen molar-refractivity contribution in [2.45, 2.75) is 30.8 Å². The lowest BCUT2D eigenvalue weighted by Crippen LogP contribution is -2.53. The third-order valence-electron chi connectivity index (χ3n) is 6.76. The fourth-order valence-corrected chi connectivity index (χ4v) is 6.42. The van der Waals surface area contributed by atoms with Gasteiger partial charge in [-0.2, -0.15) is 0 Å². The van der Waals surface area contributed by atoms with E-state index in [-0.39, 0.29) is 23.8 Å². The van der Waals surface area contributed by atoms with Gasteiger partial charge in [-0.25, -0.2) is 8.42 Å². The van der Waals surface area contributed by atoms with Crippen LogP contribution in [-0.2, 0) is 32.6 Å². The van der Waals surface area contributed by atoms with Gasteiger partial charge in [-0.1, -0.05) is 87.7 Å². The molecule has 7 nitrogen and oxygen atoms in total. The molecular weight excluding hydrogens is 638 g/mol. The fraction of sp³-hybridized carbons (Fsp3) is 0.188. The van der Waals surface area contributed by atoms with Crippen LogP contribution < -0.4 is 9.62 Å². The standard InChI is InChI=1S/C32H31BrClN3O4S/c1-23-11-17-29(18-12-23)42(40,41)37(28-15-13-26(33)14-16-28)22-31(38)36(21-25-9-6-10-27(34)19-25)30(32(39)35-2)20-24-7-4-3-5-8-24/h3-19,30H,20-22H2,1-2H3,(H,35,39). The first kappa shape index (κ1) is 31.3. The highest BCUT2D eigenvalue weighted by molar-refractivity contribution is 9.10. The largest absolute Gasteiger partial charge is 0.357 e. The molecule has 0 saturated heterocycles. The van der Waals surface area contributed by atoms with Crippen molar-refractivity contribution < 1.29 is 18.0 Å². The summed E-state index contributed by atoms with van der Waals surface area (Å²) in [7, 11) is -2.64. The number of nitrogens with zero attached hydrogens (tertiary/aromatic N) is 2. The lowest BCUT2D eigenvalue weighted by atomic mass is 10.0. The second kappa shape index (κ2) is 14.0. The zero-order valence-corrected chi connectivity index (χ0v) is 26.4. The van der Waals surface area contributed by atoms with Gasteiger partial charge < -0.3 is 10.2 Å². The van der Waals surface area contributed by atoms with Gasteiger partial charge in [0.15, 0.2) is 0 Å². The monoisotopic (exact) mass is 667 g/mol. The summed E-state index contributed by atoms with van der Waals surface area (Å²) in [5.74, 6) is -0.913. The Morgan fingerprint density at radius 1 is 0.881 bits per heavy atom. The summed E-state index contributed by atoms with van der Waals surface area (Å²) in [6.07, 6.45) is 0.232. The molecule has 0 fully saturated rings. The van der Waals surface area contributed by atoms with Crippen molar-refractivity contribution in [3.05, 3.63) is 129 Å². The highest BCUT2D eigenvalue weighted by Crippen LogP contribution is 2.27. The van der Waals surface area contributed by atoms with E-state index in [1.54, 1.807) is 54.6 Å². The molecule has 4 rings (SSSR count). The van der Waals surface area contributed by atoms with Crippen LogP contribution in [0.2, 0.25) is 5.02 Å². The number of carbonyl (C=O) groups is 2. The van der Waals surface area contributed by atoms with E-state index in [0.717, 1.165) is 19.9 Å². The van der Waals surface area contributed by atoms with Crippen LogP contribution in [0.5, 0.6) is 0 Å². The first-order valence-corrected chi connectivity index (χ1v) is 15.8. The second-order valence-electron chi connectivity index (χ2n) is 9.77. The Bertz CT molecular complexity index is 1630. The third kappa shape index (κ3) is 7.79. The normalized spacial score (nSPS) is 11.9. The Hall–Kier alpha value is -3.66. The number of halogens is 2. The van der Waals surface area contributed by atoms with E-state index in [4.69, 9.17) is 11.6 Å². The average Bonchev–Trinajstić information content (AvgIpc) is 2.98. The molecule has 0 bridgehead atoms. The van der Waals surface area contributed by atoms with E-state index >= 15 is 0 Å². The van der Waals surface area contributed by atoms with Crippen LogP contribution in [0.4, 0.5) is 5.69 Å². The summed E-state index contributed by atoms with van der Waals surface area (Å²) >= 11 is 9.64. The third-order valence-corrected chi connectivity index (χ3v) is 9.31. The topological polar surface area (TPSA) is 86.8 Å². The number of carbonyl (C=O) groups excluding carboxylic acids is 2. The van der Waals surface area contributed by atoms with E-state index in [9.17, 15) is 18.0 Å². The molecule has 1 unspecified atom stereocenters. The summed E-state index contributed by atoms with van der Waals surface area (Å²) < 4.78 is 29.8. The minimum atomic E-state index is -4.15. The molecule has 2 amide bonds. The van der Waals surface area contributed by atoms with E-state index in [2.05, 4.69) is 21.2 Å². The van der Waals surface area contributed by atoms with Crippen LogP contribution in [0.15, 0.2) is 112 Å². The number of anilines is 1. The van der Waals surface area contributed by atoms with Crippen LogP contribution in [0.3, 0.4) is 0 Å². The van der Waals surface area contributed by atoms with Crippen LogP contribution in [0.25, 0.3) is 0 Å². The van der Waals surface area contributed by atoms with Gasteiger partial charge in [-0.3, -0.25) is 13.9 Å². The van der Waals surface area contributed by atoms with Crippen LogP contribution in [0.1, 0.15) is 16.7 Å². The first-order chi connectivity index (χ1) is 20.1. The molecule has 0 saturated carbocycles. The number of amides is 2. The molecule has 0 spiro atoms. The molecule has 1 N–H and O–H groups in total. The van der Waals surface area contributed by atoms with Gasteiger partial charge in [-0.05, 0) is 66.6 Å². The van der Waals surface area contributed by atoms with Gasteiger partial charge in [0.2, 0.25) is 11.8 Å². The number of likely N-dealkylation sites (N-methyl/N-ethyl adjacent to an activating group) is 1. The zero-order chi connectivity index (χ0) is 30.3. The highest BCUT2D eigenvalue weighted by Gasteiger charge is 2.34. The quantitative estimate of drug-likeness (QED) is 0.213. The van der Waals surface area contributed by atoms with Gasteiger partial charge in [0.1, 0.15) is 12.6 Å². The van der Waals surface area contributed by atoms with Crippen molar-refractivity contribution in [3.63, 3.8) is 0 Å². The number of benzene rings is 4. The molecule has 10 heteroatoms. The lowest BCUT2D eigenvalue weighted by Gasteiger charge is -2.33. The molecular formula is C32H31BrClN3O4S. The van der Waals surface area contributed by atoms with Crippen molar-refractivity contribution in [1.82, 2.24) is 10.2 Å². The van der Waals surface area contributed by atoms with Crippen molar-refractivity contribution in [1.29, 1.82) is 0 Å². The Labute approximate surface area is 260 Å². The Kier molecular flexibility index (Phi) is 10.4. The van der Waals surface area contributed by atoms with E-state index in [1.165, 1.54) is 24.1 Å². The maximum Gasteiger partial charge on any atom is 0.264 e. The van der Waals surface area contributed by atoms with Gasteiger partial charge in [0, 0.05) is 29.5 Å². The molecule has 42 heavy (non-hydrogen) atoms. The molecule has 0 aromatic heterocycles. The number of hydrogen-bond acceptors (Lipinski definition) is 4. The van der Waals surface area contributed by atoms with Crippen molar-refractivity contribution in [3.8, 4) is 0 Å². The Morgan fingerprint density at radius 3 is 2.14 bits per heavy atom. The van der Waals surface area contributed by atoms with Gasteiger partial charge in [-0.15, -0.1) is 0 Å². The number of sulfonamides is 1. The fourth-order valence-electron chi connectivity index (χ4n) is 4.53. The van der Waals surface area contributed by atoms with Gasteiger partial charge in [0.05, 0.1) is 10.6 Å². The molecule has 218 valence electrons.